The van der Waals surface area contributed by atoms with Gasteiger partial charge in [-0.2, -0.15) is 0 Å². The molecule has 0 saturated carbocycles. The van der Waals surface area contributed by atoms with E-state index in [1.165, 1.54) is 0 Å². The van der Waals surface area contributed by atoms with Crippen molar-refractivity contribution in [2.75, 3.05) is 39.3 Å². The molecule has 2 aliphatic rings. The Morgan fingerprint density at radius 3 is 2.38 bits per heavy atom. The van der Waals surface area contributed by atoms with Crippen molar-refractivity contribution in [3.05, 3.63) is 86.9 Å². The molecule has 0 aromatic heterocycles. The fourth-order valence-electron chi connectivity index (χ4n) is 5.73. The van der Waals surface area contributed by atoms with E-state index in [9.17, 15) is 9.59 Å². The zero-order valence-electron chi connectivity index (χ0n) is 23.0. The Kier molecular flexibility index (Phi) is 8.00. The number of rotatable bonds is 7. The number of amides is 2. The largest absolute Gasteiger partial charge is 0.497 e. The van der Waals surface area contributed by atoms with E-state index >= 15 is 0 Å². The Hall–Kier alpha value is -3.26. The summed E-state index contributed by atoms with van der Waals surface area (Å²) < 4.78 is 16.4. The smallest absolute Gasteiger partial charge is 0.253 e. The lowest BCUT2D eigenvalue weighted by molar-refractivity contribution is -0.121. The molecule has 40 heavy (non-hydrogen) atoms. The molecular formula is C31H32Cl2N2O5. The van der Waals surface area contributed by atoms with Crippen LogP contribution in [0.25, 0.3) is 0 Å². The van der Waals surface area contributed by atoms with Gasteiger partial charge in [0.1, 0.15) is 16.9 Å². The molecule has 0 aliphatic carbocycles. The molecule has 9 heteroatoms. The van der Waals surface area contributed by atoms with E-state index in [-0.39, 0.29) is 24.5 Å². The van der Waals surface area contributed by atoms with Crippen molar-refractivity contribution in [3.8, 4) is 11.5 Å². The molecule has 0 bridgehead atoms. The summed E-state index contributed by atoms with van der Waals surface area (Å²) in [5.74, 6) is 1.01. The number of piperidine rings is 1. The molecule has 2 heterocycles. The monoisotopic (exact) mass is 582 g/mol. The number of benzene rings is 3. The molecule has 1 unspecified atom stereocenters. The Labute approximate surface area is 244 Å². The minimum Gasteiger partial charge on any atom is -0.497 e. The predicted octanol–water partition coefficient (Wildman–Crippen LogP) is 6.11. The van der Waals surface area contributed by atoms with Crippen LogP contribution in [-0.2, 0) is 21.5 Å². The lowest BCUT2D eigenvalue weighted by Crippen LogP contribution is -2.41. The van der Waals surface area contributed by atoms with Crippen LogP contribution < -0.4 is 14.4 Å². The number of anilines is 1. The van der Waals surface area contributed by atoms with E-state index in [4.69, 9.17) is 37.4 Å². The van der Waals surface area contributed by atoms with Gasteiger partial charge in [-0.05, 0) is 79.4 Å². The maximum atomic E-state index is 14.4. The van der Waals surface area contributed by atoms with Gasteiger partial charge in [-0.3, -0.25) is 9.59 Å². The third-order valence-corrected chi connectivity index (χ3v) is 8.66. The van der Waals surface area contributed by atoms with Gasteiger partial charge in [-0.1, -0.05) is 23.2 Å². The highest BCUT2D eigenvalue weighted by atomic mass is 35.5. The molecule has 1 atom stereocenters. The van der Waals surface area contributed by atoms with Gasteiger partial charge >= 0.3 is 0 Å². The van der Waals surface area contributed by atoms with Crippen molar-refractivity contribution < 1.29 is 23.8 Å². The summed E-state index contributed by atoms with van der Waals surface area (Å²) in [6.07, 6.45) is 1.74. The van der Waals surface area contributed by atoms with Crippen molar-refractivity contribution >= 4 is 40.7 Å². The number of methoxy groups -OCH3 is 3. The Morgan fingerprint density at radius 1 is 0.950 bits per heavy atom. The summed E-state index contributed by atoms with van der Waals surface area (Å²) >= 11 is 13.2. The van der Waals surface area contributed by atoms with Crippen LogP contribution in [0, 0.1) is 0 Å². The van der Waals surface area contributed by atoms with Crippen molar-refractivity contribution in [2.24, 2.45) is 0 Å². The van der Waals surface area contributed by atoms with Crippen LogP contribution in [0.2, 0.25) is 10.0 Å². The molecule has 7 nitrogen and oxygen atoms in total. The second-order valence-corrected chi connectivity index (χ2v) is 11.1. The summed E-state index contributed by atoms with van der Waals surface area (Å²) in [7, 11) is 4.88. The standard InChI is InChI=1S/C31H32Cl2N2O5/c1-31(24-15-19(6-9-26(24)33)29(36)34-13-11-22(38-2)12-14-34)25-16-21(32)7-10-27(25)35(30(31)37)18-20-5-8-23(39-3)17-28(20)40-4/h5-10,15-17,22H,11-14,18H2,1-4H3. The molecule has 1 saturated heterocycles. The Morgan fingerprint density at radius 2 is 1.70 bits per heavy atom. The van der Waals surface area contributed by atoms with Crippen LogP contribution in [0.3, 0.4) is 0 Å². The number of likely N-dealkylation sites (tertiary alicyclic amines) is 1. The molecule has 1 fully saturated rings. The highest BCUT2D eigenvalue weighted by Gasteiger charge is 2.50. The van der Waals surface area contributed by atoms with Crippen molar-refractivity contribution in [3.63, 3.8) is 0 Å². The first-order valence-electron chi connectivity index (χ1n) is 13.2. The topological polar surface area (TPSA) is 68.3 Å². The minimum absolute atomic E-state index is 0.0901. The molecule has 2 aliphatic heterocycles. The summed E-state index contributed by atoms with van der Waals surface area (Å²) in [4.78, 5) is 31.4. The number of carbonyl (C=O) groups is 2. The van der Waals surface area contributed by atoms with Gasteiger partial charge in [-0.15, -0.1) is 0 Å². The molecule has 210 valence electrons. The number of ether oxygens (including phenoxy) is 3. The summed E-state index contributed by atoms with van der Waals surface area (Å²) in [6, 6.07) is 16.1. The third kappa shape index (κ3) is 4.91. The summed E-state index contributed by atoms with van der Waals surface area (Å²) in [6.45, 7) is 3.33. The molecule has 0 spiro atoms. The van der Waals surface area contributed by atoms with Gasteiger partial charge in [0, 0.05) is 53.1 Å². The van der Waals surface area contributed by atoms with Gasteiger partial charge in [-0.25, -0.2) is 0 Å². The number of fused-ring (bicyclic) bond motifs is 1. The third-order valence-electron chi connectivity index (χ3n) is 8.10. The normalized spacial score (nSPS) is 19.1. The maximum Gasteiger partial charge on any atom is 0.253 e. The zero-order chi connectivity index (χ0) is 28.6. The van der Waals surface area contributed by atoms with Crippen LogP contribution in [0.4, 0.5) is 5.69 Å². The summed E-state index contributed by atoms with van der Waals surface area (Å²) in [5, 5.41) is 0.909. The van der Waals surface area contributed by atoms with Crippen LogP contribution in [-0.4, -0.2) is 57.2 Å². The van der Waals surface area contributed by atoms with Crippen LogP contribution in [0.15, 0.2) is 54.6 Å². The first-order valence-corrected chi connectivity index (χ1v) is 13.9. The van der Waals surface area contributed by atoms with Crippen LogP contribution in [0.1, 0.15) is 46.8 Å². The molecule has 0 radical (unpaired) electrons. The number of nitrogens with zero attached hydrogens (tertiary/aromatic N) is 2. The number of halogens is 2. The van der Waals surface area contributed by atoms with Gasteiger partial charge in [0.05, 0.1) is 26.9 Å². The predicted molar refractivity (Wildman–Crippen MR) is 156 cm³/mol. The molecule has 2 amide bonds. The highest BCUT2D eigenvalue weighted by molar-refractivity contribution is 6.33. The van der Waals surface area contributed by atoms with Gasteiger partial charge < -0.3 is 24.0 Å². The fourth-order valence-corrected chi connectivity index (χ4v) is 6.21. The zero-order valence-corrected chi connectivity index (χ0v) is 24.5. The second kappa shape index (κ2) is 11.3. The van der Waals surface area contributed by atoms with E-state index in [2.05, 4.69) is 0 Å². The Balaban J connectivity index is 1.54. The first-order chi connectivity index (χ1) is 19.2. The van der Waals surface area contributed by atoms with E-state index in [0.717, 1.165) is 29.7 Å². The average Bonchev–Trinajstić information content (AvgIpc) is 3.19. The maximum absolute atomic E-state index is 14.4. The molecule has 3 aromatic rings. The van der Waals surface area contributed by atoms with E-state index in [1.807, 2.05) is 30.0 Å². The van der Waals surface area contributed by atoms with Gasteiger partial charge in [0.15, 0.2) is 0 Å². The first kappa shape index (κ1) is 28.3. The SMILES string of the molecule is COc1ccc(CN2C(=O)C(C)(c3cc(C(=O)N4CCC(OC)CC4)ccc3Cl)c3cc(Cl)ccc32)c(OC)c1. The second-order valence-electron chi connectivity index (χ2n) is 10.3. The minimum atomic E-state index is -1.17. The number of hydrogen-bond acceptors (Lipinski definition) is 5. The fraction of sp³-hybridized carbons (Fsp3) is 0.355. The molecule has 0 N–H and O–H groups in total. The summed E-state index contributed by atoms with van der Waals surface area (Å²) in [5.41, 5.74) is 2.15. The quantitative estimate of drug-likeness (QED) is 0.336. The van der Waals surface area contributed by atoms with Crippen molar-refractivity contribution in [1.29, 1.82) is 0 Å². The van der Waals surface area contributed by atoms with E-state index < -0.39 is 5.41 Å². The van der Waals surface area contributed by atoms with E-state index in [0.29, 0.717) is 45.8 Å². The van der Waals surface area contributed by atoms with Crippen molar-refractivity contribution in [1.82, 2.24) is 4.90 Å². The van der Waals surface area contributed by atoms with Crippen LogP contribution in [0.5, 0.6) is 11.5 Å². The van der Waals surface area contributed by atoms with Gasteiger partial charge in [0.2, 0.25) is 5.91 Å². The molecule has 3 aromatic carbocycles. The van der Waals surface area contributed by atoms with Gasteiger partial charge in [0.25, 0.3) is 5.91 Å². The number of carbonyl (C=O) groups excluding carboxylic acids is 2. The van der Waals surface area contributed by atoms with Crippen molar-refractivity contribution in [2.45, 2.75) is 37.8 Å². The lowest BCUT2D eigenvalue weighted by atomic mass is 9.76. The van der Waals surface area contributed by atoms with E-state index in [1.54, 1.807) is 62.6 Å². The molecule has 5 rings (SSSR count). The number of hydrogen-bond donors (Lipinski definition) is 0. The lowest BCUT2D eigenvalue weighted by Gasteiger charge is -2.32. The highest BCUT2D eigenvalue weighted by Crippen LogP contribution is 2.49. The molecular weight excluding hydrogens is 551 g/mol. The van der Waals surface area contributed by atoms with Crippen LogP contribution >= 0.6 is 23.2 Å². The Bertz CT molecular complexity index is 1450. The average molecular weight is 584 g/mol.